The fourth-order valence-electron chi connectivity index (χ4n) is 2.09. The molecule has 98 valence electrons. The fraction of sp³-hybridized carbons (Fsp3) is 0.214. The molecule has 0 aliphatic carbocycles. The van der Waals surface area contributed by atoms with E-state index < -0.39 is 0 Å². The number of carbonyl (C=O) groups excluding carboxylic acids is 1. The van der Waals surface area contributed by atoms with Crippen LogP contribution >= 0.6 is 0 Å². The number of carbonyl (C=O) groups is 1. The van der Waals surface area contributed by atoms with Crippen LogP contribution in [0.15, 0.2) is 36.5 Å². The first-order valence-corrected chi connectivity index (χ1v) is 5.89. The van der Waals surface area contributed by atoms with Gasteiger partial charge < -0.3 is 4.57 Å². The predicted molar refractivity (Wildman–Crippen MR) is 71.4 cm³/mol. The Labute approximate surface area is 110 Å². The first-order valence-electron chi connectivity index (χ1n) is 5.89. The smallest absolute Gasteiger partial charge is 0.272 e. The van der Waals surface area contributed by atoms with Gasteiger partial charge >= 0.3 is 0 Å². The second-order valence-corrected chi connectivity index (χ2v) is 4.40. The molecule has 2 rings (SSSR count). The number of nitro benzene ring substituents is 1. The molecule has 0 atom stereocenters. The zero-order chi connectivity index (χ0) is 14.0. The van der Waals surface area contributed by atoms with E-state index >= 15 is 0 Å². The lowest BCUT2D eigenvalue weighted by molar-refractivity contribution is -0.385. The van der Waals surface area contributed by atoms with E-state index in [1.807, 2.05) is 6.07 Å². The number of benzene rings is 1. The van der Waals surface area contributed by atoms with Gasteiger partial charge in [-0.3, -0.25) is 14.9 Å². The van der Waals surface area contributed by atoms with Crippen molar-refractivity contribution in [2.24, 2.45) is 0 Å². The van der Waals surface area contributed by atoms with Gasteiger partial charge in [0.2, 0.25) is 0 Å². The van der Waals surface area contributed by atoms with Crippen LogP contribution in [0.1, 0.15) is 28.5 Å². The summed E-state index contributed by atoms with van der Waals surface area (Å²) in [6.45, 7) is 3.69. The minimum atomic E-state index is -0.389. The van der Waals surface area contributed by atoms with Crippen LogP contribution in [-0.4, -0.2) is 15.3 Å². The molecule has 0 bridgehead atoms. The first kappa shape index (κ1) is 13.0. The van der Waals surface area contributed by atoms with Gasteiger partial charge in [-0.2, -0.15) is 0 Å². The molecule has 0 N–H and O–H groups in total. The Morgan fingerprint density at radius 2 is 2.05 bits per heavy atom. The molecule has 0 aliphatic heterocycles. The maximum Gasteiger partial charge on any atom is 0.272 e. The second kappa shape index (κ2) is 5.06. The van der Waals surface area contributed by atoms with Crippen LogP contribution in [0.2, 0.25) is 0 Å². The van der Waals surface area contributed by atoms with Crippen LogP contribution in [-0.2, 0) is 6.54 Å². The second-order valence-electron chi connectivity index (χ2n) is 4.40. The summed E-state index contributed by atoms with van der Waals surface area (Å²) in [5.41, 5.74) is 2.18. The molecular weight excluding hydrogens is 244 g/mol. The Kier molecular flexibility index (Phi) is 3.46. The highest BCUT2D eigenvalue weighted by atomic mass is 16.6. The van der Waals surface area contributed by atoms with Crippen molar-refractivity contribution in [1.29, 1.82) is 0 Å². The van der Waals surface area contributed by atoms with Gasteiger partial charge in [-0.05, 0) is 24.6 Å². The van der Waals surface area contributed by atoms with Crippen LogP contribution in [0.5, 0.6) is 0 Å². The minimum Gasteiger partial charge on any atom is -0.341 e. The summed E-state index contributed by atoms with van der Waals surface area (Å²) < 4.78 is 1.80. The van der Waals surface area contributed by atoms with Crippen LogP contribution in [0, 0.1) is 17.0 Å². The molecule has 0 unspecified atom stereocenters. The van der Waals surface area contributed by atoms with E-state index in [-0.39, 0.29) is 16.4 Å². The molecule has 0 saturated heterocycles. The molecule has 1 aromatic heterocycles. The minimum absolute atomic E-state index is 0.0203. The highest BCUT2D eigenvalue weighted by Gasteiger charge is 2.14. The SMILES string of the molecule is CC(=O)c1cccn1Cc1cccc([N+](=O)[O-])c1C. The first-order chi connectivity index (χ1) is 9.00. The summed E-state index contributed by atoms with van der Waals surface area (Å²) in [4.78, 5) is 22.0. The van der Waals surface area contributed by atoms with Crippen LogP contribution in [0.4, 0.5) is 5.69 Å². The Bertz CT molecular complexity index is 644. The summed E-state index contributed by atoms with van der Waals surface area (Å²) in [6.07, 6.45) is 1.80. The van der Waals surface area contributed by atoms with Crippen molar-refractivity contribution in [3.63, 3.8) is 0 Å². The predicted octanol–water partition coefficient (Wildman–Crippen LogP) is 2.96. The van der Waals surface area contributed by atoms with Crippen molar-refractivity contribution in [2.45, 2.75) is 20.4 Å². The Hall–Kier alpha value is -2.43. The van der Waals surface area contributed by atoms with Crippen molar-refractivity contribution >= 4 is 11.5 Å². The highest BCUT2D eigenvalue weighted by Crippen LogP contribution is 2.22. The average Bonchev–Trinajstić information content (AvgIpc) is 2.79. The van der Waals surface area contributed by atoms with E-state index in [4.69, 9.17) is 0 Å². The molecule has 2 aromatic rings. The Balaban J connectivity index is 2.39. The van der Waals surface area contributed by atoms with Gasteiger partial charge in [0.25, 0.3) is 5.69 Å². The molecule has 0 spiro atoms. The van der Waals surface area contributed by atoms with Crippen molar-refractivity contribution in [3.05, 3.63) is 63.5 Å². The molecule has 0 aliphatic rings. The fourth-order valence-corrected chi connectivity index (χ4v) is 2.09. The third-order valence-electron chi connectivity index (χ3n) is 3.15. The average molecular weight is 258 g/mol. The number of nitrogens with zero attached hydrogens (tertiary/aromatic N) is 2. The molecule has 5 heteroatoms. The zero-order valence-corrected chi connectivity index (χ0v) is 10.8. The third-order valence-corrected chi connectivity index (χ3v) is 3.15. The number of nitro groups is 1. The van der Waals surface area contributed by atoms with Gasteiger partial charge in [0.05, 0.1) is 10.6 Å². The molecule has 1 aromatic carbocycles. The topological polar surface area (TPSA) is 65.1 Å². The van der Waals surface area contributed by atoms with Crippen molar-refractivity contribution in [1.82, 2.24) is 4.57 Å². The summed E-state index contributed by atoms with van der Waals surface area (Å²) in [5, 5.41) is 10.9. The van der Waals surface area contributed by atoms with Gasteiger partial charge in [0.15, 0.2) is 5.78 Å². The summed E-state index contributed by atoms with van der Waals surface area (Å²) >= 11 is 0. The number of hydrogen-bond donors (Lipinski definition) is 0. The van der Waals surface area contributed by atoms with Crippen LogP contribution in [0.25, 0.3) is 0 Å². The summed E-state index contributed by atoms with van der Waals surface area (Å²) in [5.74, 6) is -0.0203. The quantitative estimate of drug-likeness (QED) is 0.481. The lowest BCUT2D eigenvalue weighted by Gasteiger charge is -2.10. The van der Waals surface area contributed by atoms with Gasteiger partial charge in [-0.15, -0.1) is 0 Å². The van der Waals surface area contributed by atoms with Crippen molar-refractivity contribution in [2.75, 3.05) is 0 Å². The number of ketones is 1. The molecule has 0 radical (unpaired) electrons. The zero-order valence-electron chi connectivity index (χ0n) is 10.8. The van der Waals surface area contributed by atoms with Gasteiger partial charge in [-0.25, -0.2) is 0 Å². The summed E-state index contributed by atoms with van der Waals surface area (Å²) in [6, 6.07) is 8.53. The van der Waals surface area contributed by atoms with Crippen LogP contribution < -0.4 is 0 Å². The van der Waals surface area contributed by atoms with E-state index in [1.165, 1.54) is 13.0 Å². The molecule has 0 saturated carbocycles. The van der Waals surface area contributed by atoms with Crippen molar-refractivity contribution < 1.29 is 9.72 Å². The normalized spacial score (nSPS) is 10.4. The van der Waals surface area contributed by atoms with E-state index in [1.54, 1.807) is 35.9 Å². The number of hydrogen-bond acceptors (Lipinski definition) is 3. The standard InChI is InChI=1S/C14H14N2O3/c1-10-12(5-3-6-13(10)16(18)19)9-15-8-4-7-14(15)11(2)17/h3-8H,9H2,1-2H3. The maximum atomic E-state index is 11.4. The number of rotatable bonds is 4. The van der Waals surface area contributed by atoms with Crippen molar-refractivity contribution in [3.8, 4) is 0 Å². The lowest BCUT2D eigenvalue weighted by atomic mass is 10.1. The lowest BCUT2D eigenvalue weighted by Crippen LogP contribution is -2.08. The molecule has 5 nitrogen and oxygen atoms in total. The number of Topliss-reactive ketones (excluding diaryl/α,β-unsaturated/α-hetero) is 1. The van der Waals surface area contributed by atoms with Gasteiger partial charge in [-0.1, -0.05) is 12.1 Å². The van der Waals surface area contributed by atoms with Gasteiger partial charge in [0, 0.05) is 31.3 Å². The van der Waals surface area contributed by atoms with E-state index in [0.717, 1.165) is 5.56 Å². The molecule has 19 heavy (non-hydrogen) atoms. The maximum absolute atomic E-state index is 11.4. The largest absolute Gasteiger partial charge is 0.341 e. The molecule has 0 fully saturated rings. The Morgan fingerprint density at radius 3 is 2.68 bits per heavy atom. The third kappa shape index (κ3) is 2.54. The van der Waals surface area contributed by atoms with E-state index in [2.05, 4.69) is 0 Å². The molecule has 1 heterocycles. The summed E-state index contributed by atoms with van der Waals surface area (Å²) in [7, 11) is 0. The highest BCUT2D eigenvalue weighted by molar-refractivity contribution is 5.92. The van der Waals surface area contributed by atoms with E-state index in [9.17, 15) is 14.9 Å². The Morgan fingerprint density at radius 1 is 1.32 bits per heavy atom. The monoisotopic (exact) mass is 258 g/mol. The molecular formula is C14H14N2O3. The molecule has 0 amide bonds. The number of aromatic nitrogens is 1. The van der Waals surface area contributed by atoms with Crippen LogP contribution in [0.3, 0.4) is 0 Å². The van der Waals surface area contributed by atoms with Gasteiger partial charge in [0.1, 0.15) is 0 Å². The van der Waals surface area contributed by atoms with E-state index in [0.29, 0.717) is 17.8 Å².